The second kappa shape index (κ2) is 6.03. The van der Waals surface area contributed by atoms with E-state index in [4.69, 9.17) is 5.11 Å². The van der Waals surface area contributed by atoms with Crippen molar-refractivity contribution in [3.05, 3.63) is 34.3 Å². The number of hydrogen-bond acceptors (Lipinski definition) is 2. The molecule has 0 aliphatic heterocycles. The lowest BCUT2D eigenvalue weighted by molar-refractivity contribution is -0.143. The number of carbonyl (C=O) groups excluding carboxylic acids is 1. The molecule has 1 amide bonds. The lowest BCUT2D eigenvalue weighted by atomic mass is 10.1. The summed E-state index contributed by atoms with van der Waals surface area (Å²) in [4.78, 5) is 25.6. The Morgan fingerprint density at radius 3 is 2.73 bits per heavy atom. The van der Waals surface area contributed by atoms with Crippen LogP contribution in [0.1, 0.15) is 37.7 Å². The summed E-state index contributed by atoms with van der Waals surface area (Å²) in [5.74, 6) is -0.895. The van der Waals surface area contributed by atoms with Gasteiger partial charge in [0, 0.05) is 23.0 Å². The topological polar surface area (TPSA) is 57.6 Å². The predicted molar refractivity (Wildman–Crippen MR) is 86.5 cm³/mol. The number of carbonyl (C=O) groups is 2. The van der Waals surface area contributed by atoms with Crippen molar-refractivity contribution >= 4 is 27.8 Å². The van der Waals surface area contributed by atoms with Gasteiger partial charge in [-0.15, -0.1) is 0 Å². The molecule has 3 rings (SSSR count). The maximum atomic E-state index is 12.7. The molecule has 3 unspecified atom stereocenters. The maximum Gasteiger partial charge on any atom is 0.308 e. The predicted octanol–water partition coefficient (Wildman–Crippen LogP) is 3.26. The molecule has 1 aromatic carbocycles. The molecule has 0 heterocycles. The van der Waals surface area contributed by atoms with E-state index in [1.165, 1.54) is 5.56 Å². The van der Waals surface area contributed by atoms with Crippen LogP contribution in [0.5, 0.6) is 0 Å². The third-order valence-electron chi connectivity index (χ3n) is 4.55. The Bertz CT molecular complexity index is 599. The van der Waals surface area contributed by atoms with Gasteiger partial charge < -0.3 is 10.0 Å². The number of rotatable bonds is 6. The summed E-state index contributed by atoms with van der Waals surface area (Å²) in [6.45, 7) is 2.00. The fourth-order valence-electron chi connectivity index (χ4n) is 2.96. The Morgan fingerprint density at radius 1 is 1.41 bits per heavy atom. The van der Waals surface area contributed by atoms with Crippen molar-refractivity contribution in [2.75, 3.05) is 6.54 Å². The summed E-state index contributed by atoms with van der Waals surface area (Å²) in [5, 5.41) is 9.09. The molecule has 2 aliphatic rings. The summed E-state index contributed by atoms with van der Waals surface area (Å²) in [6, 6.07) is 8.36. The molecule has 1 aromatic rings. The molecule has 118 valence electrons. The Morgan fingerprint density at radius 2 is 2.14 bits per heavy atom. The van der Waals surface area contributed by atoms with Crippen LogP contribution in [-0.4, -0.2) is 34.5 Å². The second-order valence-corrected chi connectivity index (χ2v) is 7.38. The Kier molecular flexibility index (Phi) is 4.26. The first-order valence-corrected chi connectivity index (χ1v) is 8.55. The number of nitrogens with zero attached hydrogens (tertiary/aromatic N) is 1. The number of halogens is 1. The van der Waals surface area contributed by atoms with Crippen LogP contribution in [-0.2, 0) is 9.59 Å². The van der Waals surface area contributed by atoms with Gasteiger partial charge in [-0.25, -0.2) is 0 Å². The van der Waals surface area contributed by atoms with Gasteiger partial charge in [-0.3, -0.25) is 9.59 Å². The fourth-order valence-corrected chi connectivity index (χ4v) is 3.38. The number of carboxylic acid groups (broad SMARTS) is 1. The molecule has 0 radical (unpaired) electrons. The van der Waals surface area contributed by atoms with Gasteiger partial charge in [-0.1, -0.05) is 35.0 Å². The molecule has 1 N–H and O–H groups in total. The zero-order valence-electron chi connectivity index (χ0n) is 12.5. The van der Waals surface area contributed by atoms with E-state index in [9.17, 15) is 9.59 Å². The minimum Gasteiger partial charge on any atom is -0.481 e. The van der Waals surface area contributed by atoms with Crippen LogP contribution in [0.2, 0.25) is 0 Å². The van der Waals surface area contributed by atoms with E-state index in [2.05, 4.69) is 28.1 Å². The van der Waals surface area contributed by atoms with Gasteiger partial charge in [0.2, 0.25) is 5.91 Å². The van der Waals surface area contributed by atoms with E-state index in [1.54, 1.807) is 6.92 Å². The summed E-state index contributed by atoms with van der Waals surface area (Å²) in [6.07, 6.45) is 2.89. The van der Waals surface area contributed by atoms with Crippen molar-refractivity contribution in [2.45, 2.75) is 38.1 Å². The largest absolute Gasteiger partial charge is 0.481 e. The molecule has 0 bridgehead atoms. The number of hydrogen-bond donors (Lipinski definition) is 1. The number of aliphatic carboxylic acids is 1. The summed E-state index contributed by atoms with van der Waals surface area (Å²) < 4.78 is 1.03. The molecule has 0 saturated heterocycles. The molecule has 5 heteroatoms. The van der Waals surface area contributed by atoms with Crippen molar-refractivity contribution in [2.24, 2.45) is 11.8 Å². The van der Waals surface area contributed by atoms with E-state index < -0.39 is 11.9 Å². The lowest BCUT2D eigenvalue weighted by Crippen LogP contribution is -2.39. The summed E-state index contributed by atoms with van der Waals surface area (Å²) >= 11 is 3.47. The zero-order chi connectivity index (χ0) is 15.9. The van der Waals surface area contributed by atoms with Crippen molar-refractivity contribution in [1.82, 2.24) is 4.90 Å². The number of carboxylic acids is 1. The highest BCUT2D eigenvalue weighted by Gasteiger charge is 2.48. The second-order valence-electron chi connectivity index (χ2n) is 6.46. The van der Waals surface area contributed by atoms with E-state index in [0.29, 0.717) is 6.54 Å². The minimum absolute atomic E-state index is 0.0240. The highest BCUT2D eigenvalue weighted by Crippen LogP contribution is 2.49. The van der Waals surface area contributed by atoms with Crippen LogP contribution in [0, 0.1) is 11.8 Å². The van der Waals surface area contributed by atoms with Crippen LogP contribution < -0.4 is 0 Å². The SMILES string of the molecule is CC(CN(C(=O)C1CC1c1cccc(Br)c1)C1CC1)C(=O)O. The Balaban J connectivity index is 1.66. The van der Waals surface area contributed by atoms with Crippen molar-refractivity contribution in [1.29, 1.82) is 0 Å². The van der Waals surface area contributed by atoms with Crippen LogP contribution in [0.4, 0.5) is 0 Å². The monoisotopic (exact) mass is 365 g/mol. The van der Waals surface area contributed by atoms with E-state index >= 15 is 0 Å². The Hall–Kier alpha value is -1.36. The molecule has 2 aliphatic carbocycles. The smallest absolute Gasteiger partial charge is 0.308 e. The highest BCUT2D eigenvalue weighted by molar-refractivity contribution is 9.10. The molecule has 2 saturated carbocycles. The molecule has 3 atom stereocenters. The van der Waals surface area contributed by atoms with Crippen LogP contribution >= 0.6 is 15.9 Å². The van der Waals surface area contributed by atoms with Crippen molar-refractivity contribution in [3.8, 4) is 0 Å². The van der Waals surface area contributed by atoms with Crippen molar-refractivity contribution < 1.29 is 14.7 Å². The molecular weight excluding hydrogens is 346 g/mol. The van der Waals surface area contributed by atoms with Gasteiger partial charge in [0.15, 0.2) is 0 Å². The average Bonchev–Trinajstić information content (AvgIpc) is 3.37. The van der Waals surface area contributed by atoms with Gasteiger partial charge in [0.05, 0.1) is 5.92 Å². The summed E-state index contributed by atoms with van der Waals surface area (Å²) in [5.41, 5.74) is 1.19. The quantitative estimate of drug-likeness (QED) is 0.841. The molecular formula is C17H20BrNO3. The first-order chi connectivity index (χ1) is 10.5. The van der Waals surface area contributed by atoms with Crippen LogP contribution in [0.15, 0.2) is 28.7 Å². The van der Waals surface area contributed by atoms with E-state index in [-0.39, 0.29) is 23.8 Å². The molecule has 2 fully saturated rings. The van der Waals surface area contributed by atoms with E-state index in [0.717, 1.165) is 23.7 Å². The standard InChI is InChI=1S/C17H20BrNO3/c1-10(17(21)22)9-19(13-5-6-13)16(20)15-8-14(15)11-3-2-4-12(18)7-11/h2-4,7,10,13-15H,5-6,8-9H2,1H3,(H,21,22). The van der Waals surface area contributed by atoms with Gasteiger partial charge in [-0.05, 0) is 42.9 Å². The highest BCUT2D eigenvalue weighted by atomic mass is 79.9. The van der Waals surface area contributed by atoms with Crippen LogP contribution in [0.25, 0.3) is 0 Å². The van der Waals surface area contributed by atoms with Crippen molar-refractivity contribution in [3.63, 3.8) is 0 Å². The summed E-state index contributed by atoms with van der Waals surface area (Å²) in [7, 11) is 0. The molecule has 0 aromatic heterocycles. The molecule has 22 heavy (non-hydrogen) atoms. The number of benzene rings is 1. The third kappa shape index (κ3) is 3.35. The zero-order valence-corrected chi connectivity index (χ0v) is 14.1. The van der Waals surface area contributed by atoms with Gasteiger partial charge >= 0.3 is 5.97 Å². The first-order valence-electron chi connectivity index (χ1n) is 7.76. The molecule has 0 spiro atoms. The Labute approximate surface area is 138 Å². The third-order valence-corrected chi connectivity index (χ3v) is 5.04. The fraction of sp³-hybridized carbons (Fsp3) is 0.529. The lowest BCUT2D eigenvalue weighted by Gasteiger charge is -2.24. The van der Waals surface area contributed by atoms with Crippen LogP contribution in [0.3, 0.4) is 0 Å². The normalized spacial score (nSPS) is 24.6. The van der Waals surface area contributed by atoms with Gasteiger partial charge in [0.25, 0.3) is 0 Å². The minimum atomic E-state index is -0.835. The first kappa shape index (κ1) is 15.5. The maximum absolute atomic E-state index is 12.7. The number of amides is 1. The van der Waals surface area contributed by atoms with E-state index in [1.807, 2.05) is 17.0 Å². The molecule has 4 nitrogen and oxygen atoms in total. The average molecular weight is 366 g/mol. The van der Waals surface area contributed by atoms with Gasteiger partial charge in [0.1, 0.15) is 0 Å². The van der Waals surface area contributed by atoms with Gasteiger partial charge in [-0.2, -0.15) is 0 Å².